The smallest absolute Gasteiger partial charge is 0.325 e. The fourth-order valence-electron chi connectivity index (χ4n) is 1.12. The summed E-state index contributed by atoms with van der Waals surface area (Å²) in [5, 5.41) is 20.4. The van der Waals surface area contributed by atoms with Gasteiger partial charge in [-0.25, -0.2) is 0 Å². The molecule has 0 fully saturated rings. The zero-order valence-corrected chi connectivity index (χ0v) is 7.25. The standard InChI is InChI=1S/C8H5NO3S/c10-6-2-1-3-7-5(6)4-8(13-7)9(11)12/h1-4,10H. The van der Waals surface area contributed by atoms with Crippen LogP contribution in [0.3, 0.4) is 0 Å². The molecule has 0 aliphatic heterocycles. The van der Waals surface area contributed by atoms with Gasteiger partial charge in [0.1, 0.15) is 5.75 Å². The van der Waals surface area contributed by atoms with E-state index in [0.717, 1.165) is 16.0 Å². The van der Waals surface area contributed by atoms with Crippen LogP contribution in [0.2, 0.25) is 0 Å². The molecule has 0 saturated heterocycles. The highest BCUT2D eigenvalue weighted by atomic mass is 32.1. The minimum absolute atomic E-state index is 0.0523. The lowest BCUT2D eigenvalue weighted by atomic mass is 10.2. The fourth-order valence-corrected chi connectivity index (χ4v) is 2.02. The van der Waals surface area contributed by atoms with Gasteiger partial charge in [-0.15, -0.1) is 0 Å². The number of phenols is 1. The molecule has 0 aliphatic carbocycles. The Hall–Kier alpha value is -1.62. The number of hydrogen-bond donors (Lipinski definition) is 1. The lowest BCUT2D eigenvalue weighted by Gasteiger charge is -1.90. The maximum absolute atomic E-state index is 10.4. The monoisotopic (exact) mass is 195 g/mol. The van der Waals surface area contributed by atoms with E-state index in [1.54, 1.807) is 12.1 Å². The molecule has 0 unspecified atom stereocenters. The van der Waals surface area contributed by atoms with Crippen LogP contribution in [-0.2, 0) is 0 Å². The van der Waals surface area contributed by atoms with E-state index < -0.39 is 4.92 Å². The Bertz CT molecular complexity index is 477. The summed E-state index contributed by atoms with van der Waals surface area (Å²) in [6.07, 6.45) is 0. The van der Waals surface area contributed by atoms with Crippen LogP contribution >= 0.6 is 11.3 Å². The van der Waals surface area contributed by atoms with Gasteiger partial charge in [0.2, 0.25) is 0 Å². The van der Waals surface area contributed by atoms with E-state index in [4.69, 9.17) is 0 Å². The van der Waals surface area contributed by atoms with Gasteiger partial charge in [0.15, 0.2) is 0 Å². The molecule has 0 spiro atoms. The van der Waals surface area contributed by atoms with Gasteiger partial charge < -0.3 is 5.11 Å². The number of rotatable bonds is 1. The molecule has 0 aliphatic rings. The second-order valence-electron chi connectivity index (χ2n) is 2.53. The van der Waals surface area contributed by atoms with Crippen molar-refractivity contribution in [3.05, 3.63) is 34.4 Å². The topological polar surface area (TPSA) is 63.4 Å². The van der Waals surface area contributed by atoms with Crippen LogP contribution in [0.5, 0.6) is 5.75 Å². The van der Waals surface area contributed by atoms with Crippen LogP contribution < -0.4 is 0 Å². The van der Waals surface area contributed by atoms with Gasteiger partial charge in [-0.1, -0.05) is 17.4 Å². The van der Waals surface area contributed by atoms with Crippen LogP contribution in [0, 0.1) is 10.1 Å². The number of fused-ring (bicyclic) bond motifs is 1. The summed E-state index contributed by atoms with van der Waals surface area (Å²) in [5.41, 5.74) is 0. The molecule has 4 nitrogen and oxygen atoms in total. The normalized spacial score (nSPS) is 10.5. The Balaban J connectivity index is 2.75. The lowest BCUT2D eigenvalue weighted by Crippen LogP contribution is -1.80. The van der Waals surface area contributed by atoms with Gasteiger partial charge in [0.25, 0.3) is 0 Å². The molecule has 2 rings (SSSR count). The average Bonchev–Trinajstić information content (AvgIpc) is 2.49. The highest BCUT2D eigenvalue weighted by molar-refractivity contribution is 7.22. The van der Waals surface area contributed by atoms with Crippen molar-refractivity contribution < 1.29 is 10.0 Å². The van der Waals surface area contributed by atoms with Crippen molar-refractivity contribution in [2.45, 2.75) is 0 Å². The zero-order valence-electron chi connectivity index (χ0n) is 6.43. The van der Waals surface area contributed by atoms with Crippen LogP contribution in [0.1, 0.15) is 0 Å². The molecular formula is C8H5NO3S. The number of benzene rings is 1. The van der Waals surface area contributed by atoms with Gasteiger partial charge in [-0.3, -0.25) is 10.1 Å². The van der Waals surface area contributed by atoms with Gasteiger partial charge in [-0.2, -0.15) is 0 Å². The Morgan fingerprint density at radius 1 is 1.46 bits per heavy atom. The Labute approximate surface area is 77.2 Å². The van der Waals surface area contributed by atoms with E-state index in [1.165, 1.54) is 12.1 Å². The van der Waals surface area contributed by atoms with E-state index in [9.17, 15) is 15.2 Å². The second-order valence-corrected chi connectivity index (χ2v) is 3.59. The molecule has 2 aromatic rings. The summed E-state index contributed by atoms with van der Waals surface area (Å²) >= 11 is 1.06. The molecule has 1 heterocycles. The van der Waals surface area contributed by atoms with E-state index in [-0.39, 0.29) is 10.8 Å². The third-order valence-electron chi connectivity index (χ3n) is 1.71. The molecule has 0 saturated carbocycles. The molecule has 0 amide bonds. The van der Waals surface area contributed by atoms with Crippen molar-refractivity contribution in [1.82, 2.24) is 0 Å². The summed E-state index contributed by atoms with van der Waals surface area (Å²) < 4.78 is 0.728. The number of aromatic hydroxyl groups is 1. The van der Waals surface area contributed by atoms with Crippen molar-refractivity contribution in [2.75, 3.05) is 0 Å². The maximum Gasteiger partial charge on any atom is 0.325 e. The largest absolute Gasteiger partial charge is 0.507 e. The highest BCUT2D eigenvalue weighted by Gasteiger charge is 2.12. The molecular weight excluding hydrogens is 190 g/mol. The fraction of sp³-hybridized carbons (Fsp3) is 0. The molecule has 5 heteroatoms. The summed E-state index contributed by atoms with van der Waals surface area (Å²) in [5.74, 6) is 0.0850. The van der Waals surface area contributed by atoms with E-state index >= 15 is 0 Å². The first-order chi connectivity index (χ1) is 6.18. The predicted octanol–water partition coefficient (Wildman–Crippen LogP) is 2.52. The minimum Gasteiger partial charge on any atom is -0.507 e. The molecule has 0 atom stereocenters. The maximum atomic E-state index is 10.4. The van der Waals surface area contributed by atoms with Crippen LogP contribution in [0.4, 0.5) is 5.00 Å². The number of phenolic OH excluding ortho intramolecular Hbond substituents is 1. The third-order valence-corrected chi connectivity index (χ3v) is 2.76. The lowest BCUT2D eigenvalue weighted by molar-refractivity contribution is -0.380. The molecule has 1 aromatic carbocycles. The van der Waals surface area contributed by atoms with E-state index in [1.807, 2.05) is 0 Å². The minimum atomic E-state index is -0.454. The van der Waals surface area contributed by atoms with Crippen LogP contribution in [-0.4, -0.2) is 10.0 Å². The van der Waals surface area contributed by atoms with Gasteiger partial charge >= 0.3 is 5.00 Å². The number of nitro groups is 1. The molecule has 0 bridgehead atoms. The molecule has 0 radical (unpaired) electrons. The van der Waals surface area contributed by atoms with Crippen molar-refractivity contribution in [3.8, 4) is 5.75 Å². The predicted molar refractivity (Wildman–Crippen MR) is 50.1 cm³/mol. The number of nitrogens with zero attached hydrogens (tertiary/aromatic N) is 1. The summed E-state index contributed by atoms with van der Waals surface area (Å²) in [6.45, 7) is 0. The quantitative estimate of drug-likeness (QED) is 0.561. The first-order valence-electron chi connectivity index (χ1n) is 3.54. The third kappa shape index (κ3) is 1.23. The van der Waals surface area contributed by atoms with Crippen molar-refractivity contribution >= 4 is 26.4 Å². The average molecular weight is 195 g/mol. The Kier molecular flexibility index (Phi) is 1.66. The Morgan fingerprint density at radius 3 is 2.85 bits per heavy atom. The van der Waals surface area contributed by atoms with Crippen molar-refractivity contribution in [1.29, 1.82) is 0 Å². The van der Waals surface area contributed by atoms with Gasteiger partial charge in [0.05, 0.1) is 4.92 Å². The summed E-state index contributed by atoms with van der Waals surface area (Å²) in [6, 6.07) is 6.30. The summed E-state index contributed by atoms with van der Waals surface area (Å²) in [7, 11) is 0. The number of hydrogen-bond acceptors (Lipinski definition) is 4. The van der Waals surface area contributed by atoms with E-state index in [0.29, 0.717) is 5.39 Å². The first-order valence-corrected chi connectivity index (χ1v) is 4.36. The number of thiophene rings is 1. The second kappa shape index (κ2) is 2.70. The SMILES string of the molecule is O=[N+]([O-])c1cc2c(O)cccc2s1. The molecule has 66 valence electrons. The molecule has 1 aromatic heterocycles. The van der Waals surface area contributed by atoms with Crippen LogP contribution in [0.25, 0.3) is 10.1 Å². The van der Waals surface area contributed by atoms with E-state index in [2.05, 4.69) is 0 Å². The zero-order chi connectivity index (χ0) is 9.42. The summed E-state index contributed by atoms with van der Waals surface area (Å²) in [4.78, 5) is 9.96. The first kappa shape index (κ1) is 8.00. The van der Waals surface area contributed by atoms with Crippen LogP contribution in [0.15, 0.2) is 24.3 Å². The van der Waals surface area contributed by atoms with Crippen molar-refractivity contribution in [2.24, 2.45) is 0 Å². The van der Waals surface area contributed by atoms with Gasteiger partial charge in [-0.05, 0) is 12.1 Å². The highest BCUT2D eigenvalue weighted by Crippen LogP contribution is 2.35. The Morgan fingerprint density at radius 2 is 2.23 bits per heavy atom. The molecule has 1 N–H and O–H groups in total. The molecule has 13 heavy (non-hydrogen) atoms. The van der Waals surface area contributed by atoms with Crippen molar-refractivity contribution in [3.63, 3.8) is 0 Å². The van der Waals surface area contributed by atoms with Gasteiger partial charge in [0, 0.05) is 16.2 Å².